The number of carboxylic acids is 1. The van der Waals surface area contributed by atoms with Gasteiger partial charge in [0.05, 0.1) is 18.3 Å². The van der Waals surface area contributed by atoms with Gasteiger partial charge in [-0.2, -0.15) is 0 Å². The van der Waals surface area contributed by atoms with E-state index < -0.39 is 133 Å². The molecule has 0 unspecified atom stereocenters. The zero-order valence-corrected chi connectivity index (χ0v) is 34.3. The van der Waals surface area contributed by atoms with Gasteiger partial charge in [0.1, 0.15) is 24.4 Å². The van der Waals surface area contributed by atoms with E-state index in [1.165, 1.54) is 0 Å². The first kappa shape index (κ1) is 49.1. The second kappa shape index (κ2) is 22.2. The molecule has 0 bridgehead atoms. The molecule has 2 N–H and O–H groups in total. The number of carboxylic acid groups (broad SMARTS) is 1. The molecule has 11 atom stereocenters. The molecular weight excluding hydrogens is 778 g/mol. The van der Waals surface area contributed by atoms with Gasteiger partial charge in [0, 0.05) is 48.5 Å². The van der Waals surface area contributed by atoms with Crippen molar-refractivity contribution in [1.82, 2.24) is 5.32 Å². The van der Waals surface area contributed by atoms with Crippen molar-refractivity contribution < 1.29 is 95.6 Å². The minimum atomic E-state index is -1.47. The third kappa shape index (κ3) is 16.4. The van der Waals surface area contributed by atoms with Crippen molar-refractivity contribution in [3.05, 3.63) is 0 Å². The molecule has 2 saturated heterocycles. The quantitative estimate of drug-likeness (QED) is 0.155. The topological polar surface area (TPSA) is 278 Å². The minimum absolute atomic E-state index is 0.0344. The maximum Gasteiger partial charge on any atom is 0.408 e. The Morgan fingerprint density at radius 1 is 0.534 bits per heavy atom. The van der Waals surface area contributed by atoms with Crippen LogP contribution in [0, 0.1) is 0 Å². The number of rotatable bonds is 17. The molecule has 0 aliphatic carbocycles. The summed E-state index contributed by atoms with van der Waals surface area (Å²) in [4.78, 5) is 110. The van der Waals surface area contributed by atoms with Crippen LogP contribution in [0.2, 0.25) is 0 Å². The predicted molar refractivity (Wildman–Crippen MR) is 191 cm³/mol. The molecule has 1 amide bonds. The van der Waals surface area contributed by atoms with Crippen molar-refractivity contribution in [2.24, 2.45) is 0 Å². The number of aliphatic carboxylic acids is 1. The lowest BCUT2D eigenvalue weighted by Crippen LogP contribution is -2.63. The SMILES string of the molecule is CC(=O)OC[C@H]1O[C@@H](CC[C@H]2O[C@H](CCC[C@H](NC(=O)OC(C)(C)C)C(=O)O)[C@H](OC(C)=O)[C@@H](OC(C)=O)[C@@H]2OC(C)=O)[C@H](OC(C)=O)[C@@H](OC(C)=O)[C@@H]1OC(C)=O. The Balaban J connectivity index is 2.56. The van der Waals surface area contributed by atoms with E-state index in [4.69, 9.17) is 47.4 Å². The summed E-state index contributed by atoms with van der Waals surface area (Å²) < 4.78 is 56.2. The fourth-order valence-electron chi connectivity index (χ4n) is 6.56. The third-order valence-corrected chi connectivity index (χ3v) is 8.43. The van der Waals surface area contributed by atoms with E-state index in [2.05, 4.69) is 5.32 Å². The molecule has 0 aromatic rings. The fraction of sp³-hybridized carbons (Fsp3) is 0.757. The van der Waals surface area contributed by atoms with Crippen molar-refractivity contribution in [2.45, 2.75) is 174 Å². The highest BCUT2D eigenvalue weighted by Crippen LogP contribution is 2.36. The number of carbonyl (C=O) groups is 9. The summed E-state index contributed by atoms with van der Waals surface area (Å²) in [6.45, 7) is 11.9. The number of ether oxygens (including phenoxy) is 10. The molecule has 2 heterocycles. The maximum absolute atomic E-state index is 12.5. The molecule has 2 rings (SSSR count). The molecule has 0 spiro atoms. The van der Waals surface area contributed by atoms with Crippen LogP contribution in [0.3, 0.4) is 0 Å². The molecule has 328 valence electrons. The molecule has 58 heavy (non-hydrogen) atoms. The highest BCUT2D eigenvalue weighted by molar-refractivity contribution is 5.80. The highest BCUT2D eigenvalue weighted by Gasteiger charge is 2.54. The summed E-state index contributed by atoms with van der Waals surface area (Å²) >= 11 is 0. The van der Waals surface area contributed by atoms with Gasteiger partial charge in [0.25, 0.3) is 0 Å². The van der Waals surface area contributed by atoms with Gasteiger partial charge in [-0.25, -0.2) is 9.59 Å². The van der Waals surface area contributed by atoms with Crippen LogP contribution in [0.1, 0.15) is 101 Å². The number of hydrogen-bond acceptors (Lipinski definition) is 19. The van der Waals surface area contributed by atoms with E-state index >= 15 is 0 Å². The minimum Gasteiger partial charge on any atom is -0.480 e. The van der Waals surface area contributed by atoms with Crippen LogP contribution < -0.4 is 5.32 Å². The lowest BCUT2D eigenvalue weighted by Gasteiger charge is -2.47. The third-order valence-electron chi connectivity index (χ3n) is 8.43. The lowest BCUT2D eigenvalue weighted by atomic mass is 9.87. The maximum atomic E-state index is 12.5. The van der Waals surface area contributed by atoms with Crippen LogP contribution in [0.15, 0.2) is 0 Å². The van der Waals surface area contributed by atoms with E-state index in [0.29, 0.717) is 0 Å². The molecule has 21 heteroatoms. The van der Waals surface area contributed by atoms with Gasteiger partial charge in [-0.3, -0.25) is 33.6 Å². The second-order valence-electron chi connectivity index (χ2n) is 14.7. The Labute approximate surface area is 335 Å². The summed E-state index contributed by atoms with van der Waals surface area (Å²) in [5, 5.41) is 12.1. The van der Waals surface area contributed by atoms with Gasteiger partial charge < -0.3 is 57.8 Å². The molecule has 0 aromatic heterocycles. The first-order chi connectivity index (χ1) is 26.9. The van der Waals surface area contributed by atoms with Crippen molar-refractivity contribution in [1.29, 1.82) is 0 Å². The van der Waals surface area contributed by atoms with Gasteiger partial charge in [0.15, 0.2) is 36.6 Å². The number of hydrogen-bond donors (Lipinski definition) is 2. The van der Waals surface area contributed by atoms with Gasteiger partial charge in [-0.05, 0) is 52.9 Å². The van der Waals surface area contributed by atoms with Crippen molar-refractivity contribution in [2.75, 3.05) is 6.61 Å². The Bertz CT molecular complexity index is 1510. The normalized spacial score (nSPS) is 27.3. The first-order valence-electron chi connectivity index (χ1n) is 18.6. The number of alkyl carbamates (subject to hydrolysis) is 1. The largest absolute Gasteiger partial charge is 0.480 e. The van der Waals surface area contributed by atoms with E-state index in [1.807, 2.05) is 0 Å². The Morgan fingerprint density at radius 2 is 0.879 bits per heavy atom. The van der Waals surface area contributed by atoms with E-state index in [1.54, 1.807) is 20.8 Å². The summed E-state index contributed by atoms with van der Waals surface area (Å²) in [5.74, 6) is -7.06. The highest BCUT2D eigenvalue weighted by atomic mass is 16.7. The lowest BCUT2D eigenvalue weighted by molar-refractivity contribution is -0.261. The molecule has 2 aliphatic heterocycles. The van der Waals surface area contributed by atoms with Gasteiger partial charge in [0.2, 0.25) is 0 Å². The molecule has 0 radical (unpaired) electrons. The average molecular weight is 834 g/mol. The van der Waals surface area contributed by atoms with Crippen LogP contribution >= 0.6 is 0 Å². The average Bonchev–Trinajstić information content (AvgIpc) is 3.05. The number of amides is 1. The van der Waals surface area contributed by atoms with Gasteiger partial charge in [-0.1, -0.05) is 0 Å². The smallest absolute Gasteiger partial charge is 0.408 e. The predicted octanol–water partition coefficient (Wildman–Crippen LogP) is 1.60. The summed E-state index contributed by atoms with van der Waals surface area (Å²) in [6.07, 6.45) is -14.8. The van der Waals surface area contributed by atoms with Crippen LogP contribution in [0.5, 0.6) is 0 Å². The summed E-state index contributed by atoms with van der Waals surface area (Å²) in [6, 6.07) is -1.40. The van der Waals surface area contributed by atoms with Crippen LogP contribution in [-0.2, 0) is 85.7 Å². The van der Waals surface area contributed by atoms with Crippen LogP contribution in [-0.4, -0.2) is 138 Å². The molecule has 21 nitrogen and oxygen atoms in total. The molecule has 2 fully saturated rings. The fourth-order valence-corrected chi connectivity index (χ4v) is 6.56. The van der Waals surface area contributed by atoms with Crippen molar-refractivity contribution >= 4 is 53.8 Å². The summed E-state index contributed by atoms with van der Waals surface area (Å²) in [7, 11) is 0. The van der Waals surface area contributed by atoms with Crippen molar-refractivity contribution in [3.8, 4) is 0 Å². The Kier molecular flexibility index (Phi) is 18.8. The molecular formula is C37H55NO20. The van der Waals surface area contributed by atoms with Crippen LogP contribution in [0.25, 0.3) is 0 Å². The molecule has 2 aliphatic rings. The van der Waals surface area contributed by atoms with Gasteiger partial charge in [-0.15, -0.1) is 0 Å². The zero-order valence-electron chi connectivity index (χ0n) is 34.3. The standard InChI is InChI=1S/C37H55NO20/c1-17(39)49-16-28-32(53-21(5)43)34(55-23(7)45)31(52-20(4)42)27(57-28)15-14-26-30(51-19(3)41)33(54-22(6)44)29(50-18(2)40)25(56-26)13-11-12-24(35(46)47)38-36(48)58-37(8,9)10/h24-34H,11-16H2,1-10H3,(H,38,48)(H,46,47)/t24-,25+,26+,27-,28+,29-,30+,31-,32+,33+,34+/m0/s1. The zero-order chi connectivity index (χ0) is 44.1. The molecule has 0 saturated carbocycles. The molecule has 0 aromatic carbocycles. The Hall–Kier alpha value is -5.05. The number of carbonyl (C=O) groups excluding carboxylic acids is 8. The van der Waals surface area contributed by atoms with Crippen molar-refractivity contribution in [3.63, 3.8) is 0 Å². The number of esters is 7. The summed E-state index contributed by atoms with van der Waals surface area (Å²) in [5.41, 5.74) is -0.908. The van der Waals surface area contributed by atoms with E-state index in [0.717, 1.165) is 48.5 Å². The first-order valence-corrected chi connectivity index (χ1v) is 18.6. The Morgan fingerprint density at radius 3 is 1.22 bits per heavy atom. The van der Waals surface area contributed by atoms with E-state index in [-0.39, 0.29) is 32.1 Å². The van der Waals surface area contributed by atoms with Crippen LogP contribution in [0.4, 0.5) is 4.79 Å². The van der Waals surface area contributed by atoms with Gasteiger partial charge >= 0.3 is 53.8 Å². The second-order valence-corrected chi connectivity index (χ2v) is 14.7. The monoisotopic (exact) mass is 833 g/mol. The van der Waals surface area contributed by atoms with E-state index in [9.17, 15) is 48.3 Å². The number of nitrogens with one attached hydrogen (secondary N) is 1.